The van der Waals surface area contributed by atoms with E-state index in [-0.39, 0.29) is 28.6 Å². The molecule has 0 amide bonds. The molecule has 0 N–H and O–H groups in total. The minimum absolute atomic E-state index is 0.0128. The Bertz CT molecular complexity index is 979. The van der Waals surface area contributed by atoms with E-state index in [1.165, 1.54) is 13.8 Å². The maximum atomic E-state index is 12.8. The molecule has 0 aliphatic rings. The Kier molecular flexibility index (Phi) is 3.64. The summed E-state index contributed by atoms with van der Waals surface area (Å²) < 4.78 is 35.6. The molecular formula is C14H13N3O5S. The summed E-state index contributed by atoms with van der Waals surface area (Å²) >= 11 is 0. The lowest BCUT2D eigenvalue weighted by Crippen LogP contribution is -2.26. The second-order valence-corrected chi connectivity index (χ2v) is 6.67. The molecular weight excluding hydrogens is 322 g/mol. The number of aromatic nitrogens is 3. The summed E-state index contributed by atoms with van der Waals surface area (Å²) in [6, 6.07) is 9.04. The summed E-state index contributed by atoms with van der Waals surface area (Å²) in [5.41, 5.74) is 0.963. The zero-order valence-corrected chi connectivity index (χ0v) is 13.2. The fraction of sp³-hybridized carbons (Fsp3) is 0.214. The van der Waals surface area contributed by atoms with Gasteiger partial charge in [-0.1, -0.05) is 40.6 Å². The Morgan fingerprint density at radius 1 is 1.09 bits per heavy atom. The maximum absolute atomic E-state index is 12.8. The van der Waals surface area contributed by atoms with Crippen molar-refractivity contribution in [1.29, 1.82) is 0 Å². The van der Waals surface area contributed by atoms with Crippen LogP contribution in [0, 0.1) is 13.8 Å². The summed E-state index contributed by atoms with van der Waals surface area (Å²) in [5.74, 6) is -0.988. The lowest BCUT2D eigenvalue weighted by Gasteiger charge is -2.05. The second-order valence-electron chi connectivity index (χ2n) is 4.95. The van der Waals surface area contributed by atoms with Crippen LogP contribution in [0.5, 0.6) is 0 Å². The molecule has 0 saturated carbocycles. The maximum Gasteiger partial charge on any atom is 0.456 e. The van der Waals surface area contributed by atoms with Gasteiger partial charge < -0.3 is 4.52 Å². The van der Waals surface area contributed by atoms with Crippen LogP contribution in [-0.2, 0) is 16.4 Å². The first kappa shape index (κ1) is 15.2. The van der Waals surface area contributed by atoms with Crippen molar-refractivity contribution in [2.75, 3.05) is 0 Å². The van der Waals surface area contributed by atoms with E-state index in [9.17, 15) is 13.2 Å². The van der Waals surface area contributed by atoms with Gasteiger partial charge in [0.25, 0.3) is 10.0 Å². The topological polar surface area (TPSA) is 108 Å². The molecule has 0 fully saturated rings. The lowest BCUT2D eigenvalue weighted by atomic mass is 10.1. The Labute approximate surface area is 131 Å². The van der Waals surface area contributed by atoms with E-state index in [0.29, 0.717) is 3.97 Å². The highest BCUT2D eigenvalue weighted by atomic mass is 32.2. The molecule has 3 rings (SSSR count). The summed E-state index contributed by atoms with van der Waals surface area (Å²) in [7, 11) is -4.20. The largest absolute Gasteiger partial charge is 0.456 e. The van der Waals surface area contributed by atoms with Gasteiger partial charge in [-0.25, -0.2) is 13.2 Å². The summed E-state index contributed by atoms with van der Waals surface area (Å²) in [4.78, 5) is 11.7. The first-order chi connectivity index (χ1) is 10.9. The van der Waals surface area contributed by atoms with Gasteiger partial charge >= 0.3 is 5.76 Å². The van der Waals surface area contributed by atoms with Gasteiger partial charge in [-0.05, 0) is 19.4 Å². The molecule has 0 bridgehead atoms. The minimum Gasteiger partial charge on any atom is -0.360 e. The smallest absolute Gasteiger partial charge is 0.360 e. The molecule has 2 aromatic heterocycles. The van der Waals surface area contributed by atoms with E-state index in [0.717, 1.165) is 5.56 Å². The van der Waals surface area contributed by atoms with Crippen molar-refractivity contribution in [2.45, 2.75) is 25.2 Å². The fourth-order valence-electron chi connectivity index (χ4n) is 2.32. The summed E-state index contributed by atoms with van der Waals surface area (Å²) in [6.07, 6.45) is 0.134. The molecule has 120 valence electrons. The van der Waals surface area contributed by atoms with Gasteiger partial charge in [0.05, 0.1) is 0 Å². The Hall–Kier alpha value is -2.68. The first-order valence-corrected chi connectivity index (χ1v) is 8.15. The average molecular weight is 335 g/mol. The van der Waals surface area contributed by atoms with Crippen LogP contribution in [0.4, 0.5) is 0 Å². The minimum atomic E-state index is -4.20. The predicted octanol–water partition coefficient (Wildman–Crippen LogP) is 1.27. The van der Waals surface area contributed by atoms with Crippen molar-refractivity contribution in [2.24, 2.45) is 0 Å². The van der Waals surface area contributed by atoms with E-state index < -0.39 is 15.8 Å². The number of aryl methyl sites for hydroxylation is 2. The second kappa shape index (κ2) is 5.51. The van der Waals surface area contributed by atoms with Crippen molar-refractivity contribution >= 4 is 10.0 Å². The highest BCUT2D eigenvalue weighted by Crippen LogP contribution is 2.22. The number of hydrogen-bond acceptors (Lipinski definition) is 7. The molecule has 3 aromatic rings. The van der Waals surface area contributed by atoms with Crippen molar-refractivity contribution in [3.05, 3.63) is 63.7 Å². The third kappa shape index (κ3) is 2.59. The Balaban J connectivity index is 2.14. The lowest BCUT2D eigenvalue weighted by molar-refractivity contribution is 0.380. The number of benzene rings is 1. The van der Waals surface area contributed by atoms with Crippen molar-refractivity contribution < 1.29 is 17.5 Å². The van der Waals surface area contributed by atoms with Gasteiger partial charge in [-0.15, -0.1) is 3.97 Å². The molecule has 1 aromatic carbocycles. The van der Waals surface area contributed by atoms with Gasteiger partial charge in [-0.3, -0.25) is 4.52 Å². The predicted molar refractivity (Wildman–Crippen MR) is 78.6 cm³/mol. The van der Waals surface area contributed by atoms with Crippen LogP contribution < -0.4 is 5.76 Å². The third-order valence-corrected chi connectivity index (χ3v) is 5.24. The van der Waals surface area contributed by atoms with Gasteiger partial charge in [-0.2, -0.15) is 0 Å². The van der Waals surface area contributed by atoms with Gasteiger partial charge in [0.2, 0.25) is 0 Å². The summed E-state index contributed by atoms with van der Waals surface area (Å²) in [6.45, 7) is 2.95. The van der Waals surface area contributed by atoms with Gasteiger partial charge in [0, 0.05) is 6.42 Å². The number of hydrogen-bond donors (Lipinski definition) is 0. The molecule has 9 heteroatoms. The van der Waals surface area contributed by atoms with Crippen LogP contribution in [-0.4, -0.2) is 22.7 Å². The van der Waals surface area contributed by atoms with E-state index in [1.807, 2.05) is 6.07 Å². The molecule has 2 heterocycles. The zero-order valence-electron chi connectivity index (χ0n) is 12.4. The Morgan fingerprint density at radius 3 is 2.39 bits per heavy atom. The Morgan fingerprint density at radius 2 is 1.78 bits per heavy atom. The molecule has 0 aliphatic heterocycles. The molecule has 0 saturated heterocycles. The van der Waals surface area contributed by atoms with Crippen molar-refractivity contribution in [3.8, 4) is 0 Å². The monoisotopic (exact) mass is 335 g/mol. The SMILES string of the molecule is Cc1noc(C)c1S(=O)(=O)n1c(Cc2ccccc2)noc1=O. The quantitative estimate of drug-likeness (QED) is 0.706. The molecule has 0 atom stereocenters. The number of rotatable bonds is 4. The van der Waals surface area contributed by atoms with Crippen LogP contribution in [0.1, 0.15) is 22.8 Å². The molecule has 0 aliphatic carbocycles. The fourth-order valence-corrected chi connectivity index (χ4v) is 3.92. The first-order valence-electron chi connectivity index (χ1n) is 6.71. The summed E-state index contributed by atoms with van der Waals surface area (Å²) in [5, 5.41) is 7.21. The molecule has 0 unspecified atom stereocenters. The van der Waals surface area contributed by atoms with Crippen molar-refractivity contribution in [3.63, 3.8) is 0 Å². The van der Waals surface area contributed by atoms with Gasteiger partial charge in [0.15, 0.2) is 16.5 Å². The van der Waals surface area contributed by atoms with E-state index in [4.69, 9.17) is 4.52 Å². The average Bonchev–Trinajstić information content (AvgIpc) is 3.03. The van der Waals surface area contributed by atoms with E-state index in [2.05, 4.69) is 14.8 Å². The van der Waals surface area contributed by atoms with Crippen molar-refractivity contribution in [1.82, 2.24) is 14.3 Å². The highest BCUT2D eigenvalue weighted by molar-refractivity contribution is 7.90. The molecule has 0 radical (unpaired) electrons. The van der Waals surface area contributed by atoms with Crippen LogP contribution in [0.15, 0.2) is 49.1 Å². The molecule has 0 spiro atoms. The highest BCUT2D eigenvalue weighted by Gasteiger charge is 2.31. The van der Waals surface area contributed by atoms with Crippen LogP contribution in [0.3, 0.4) is 0 Å². The molecule has 8 nitrogen and oxygen atoms in total. The zero-order chi connectivity index (χ0) is 16.6. The molecule has 23 heavy (non-hydrogen) atoms. The van der Waals surface area contributed by atoms with Crippen LogP contribution in [0.25, 0.3) is 0 Å². The van der Waals surface area contributed by atoms with E-state index in [1.54, 1.807) is 24.3 Å². The third-order valence-electron chi connectivity index (χ3n) is 3.30. The van der Waals surface area contributed by atoms with Crippen LogP contribution >= 0.6 is 0 Å². The normalized spacial score (nSPS) is 11.7. The number of nitrogens with zero attached hydrogens (tertiary/aromatic N) is 3. The van der Waals surface area contributed by atoms with Crippen LogP contribution in [0.2, 0.25) is 0 Å². The van der Waals surface area contributed by atoms with E-state index >= 15 is 0 Å². The standard InChI is InChI=1S/C14H13N3O5S/c1-9-13(10(2)21-15-9)23(19,20)17-12(16-22-14(17)18)8-11-6-4-3-5-7-11/h3-7H,8H2,1-2H3. The van der Waals surface area contributed by atoms with Gasteiger partial charge in [0.1, 0.15) is 5.69 Å².